The maximum Gasteiger partial charge on any atom is 0.00527 e. The summed E-state index contributed by atoms with van der Waals surface area (Å²) in [6.07, 6.45) is 8.58. The molecule has 2 heteroatoms. The lowest BCUT2D eigenvalue weighted by Gasteiger charge is -2.40. The minimum absolute atomic E-state index is 0.520. The molecule has 0 unspecified atom stereocenters. The van der Waals surface area contributed by atoms with Crippen molar-refractivity contribution in [2.24, 2.45) is 11.3 Å². The lowest BCUT2D eigenvalue weighted by atomic mass is 9.79. The van der Waals surface area contributed by atoms with Crippen molar-refractivity contribution < 1.29 is 0 Å². The molecular weight excluding hydrogens is 244 g/mol. The van der Waals surface area contributed by atoms with Crippen LogP contribution in [-0.4, -0.2) is 37.1 Å². The molecule has 0 spiro atoms. The van der Waals surface area contributed by atoms with Gasteiger partial charge in [0.05, 0.1) is 0 Å². The van der Waals surface area contributed by atoms with E-state index in [1.807, 2.05) is 0 Å². The van der Waals surface area contributed by atoms with E-state index in [0.717, 1.165) is 12.5 Å². The van der Waals surface area contributed by atoms with E-state index in [0.29, 0.717) is 11.5 Å². The Kier molecular flexibility index (Phi) is 8.13. The van der Waals surface area contributed by atoms with Crippen LogP contribution in [0.15, 0.2) is 0 Å². The van der Waals surface area contributed by atoms with Crippen molar-refractivity contribution in [2.45, 2.75) is 79.2 Å². The Morgan fingerprint density at radius 1 is 1.00 bits per heavy atom. The second-order valence-corrected chi connectivity index (χ2v) is 7.60. The van der Waals surface area contributed by atoms with Crippen LogP contribution < -0.4 is 5.32 Å². The van der Waals surface area contributed by atoms with E-state index in [1.54, 1.807) is 0 Å². The first kappa shape index (κ1) is 18.0. The monoisotopic (exact) mass is 282 g/mol. The van der Waals surface area contributed by atoms with Crippen molar-refractivity contribution >= 4 is 0 Å². The second kappa shape index (κ2) is 9.04. The van der Waals surface area contributed by atoms with Gasteiger partial charge in [-0.25, -0.2) is 0 Å². The van der Waals surface area contributed by atoms with Gasteiger partial charge in [-0.15, -0.1) is 0 Å². The average Bonchev–Trinajstić information content (AvgIpc) is 2.61. The zero-order valence-corrected chi connectivity index (χ0v) is 14.7. The molecule has 0 saturated heterocycles. The zero-order chi connectivity index (χ0) is 15.0. The van der Waals surface area contributed by atoms with Crippen molar-refractivity contribution in [1.82, 2.24) is 10.2 Å². The molecule has 0 amide bonds. The molecule has 0 heterocycles. The summed E-state index contributed by atoms with van der Waals surface area (Å²) in [5.41, 5.74) is 0.520. The van der Waals surface area contributed by atoms with Crippen molar-refractivity contribution in [2.75, 3.05) is 26.2 Å². The molecule has 0 aliphatic heterocycles. The standard InChI is InChI=1S/C18H38N2/c1-6-20(17(4)5)15-18(14-19-13-16(2)3)11-9-7-8-10-12-18/h16-17,19H,6-15H2,1-5H3. The van der Waals surface area contributed by atoms with E-state index in [-0.39, 0.29) is 0 Å². The molecule has 0 atom stereocenters. The van der Waals surface area contributed by atoms with Gasteiger partial charge in [0.15, 0.2) is 0 Å². The van der Waals surface area contributed by atoms with E-state index < -0.39 is 0 Å². The van der Waals surface area contributed by atoms with Crippen LogP contribution in [0.2, 0.25) is 0 Å². The van der Waals surface area contributed by atoms with Crippen LogP contribution in [0.5, 0.6) is 0 Å². The van der Waals surface area contributed by atoms with E-state index >= 15 is 0 Å². The van der Waals surface area contributed by atoms with Gasteiger partial charge in [-0.1, -0.05) is 46.5 Å². The van der Waals surface area contributed by atoms with Gasteiger partial charge in [0.25, 0.3) is 0 Å². The number of hydrogen-bond acceptors (Lipinski definition) is 2. The largest absolute Gasteiger partial charge is 0.316 e. The molecule has 1 N–H and O–H groups in total. The maximum absolute atomic E-state index is 3.76. The first-order chi connectivity index (χ1) is 9.49. The van der Waals surface area contributed by atoms with Crippen molar-refractivity contribution in [3.63, 3.8) is 0 Å². The Morgan fingerprint density at radius 3 is 2.05 bits per heavy atom. The molecule has 0 aromatic heterocycles. The third-order valence-corrected chi connectivity index (χ3v) is 4.89. The molecule has 0 aromatic carbocycles. The van der Waals surface area contributed by atoms with Gasteiger partial charge < -0.3 is 10.2 Å². The summed E-state index contributed by atoms with van der Waals surface area (Å²) in [7, 11) is 0. The summed E-state index contributed by atoms with van der Waals surface area (Å²) in [5, 5.41) is 3.76. The molecule has 120 valence electrons. The molecule has 0 aromatic rings. The molecule has 0 radical (unpaired) electrons. The topological polar surface area (TPSA) is 15.3 Å². The van der Waals surface area contributed by atoms with Crippen LogP contribution in [0.25, 0.3) is 0 Å². The van der Waals surface area contributed by atoms with Crippen molar-refractivity contribution in [3.8, 4) is 0 Å². The fraction of sp³-hybridized carbons (Fsp3) is 1.00. The van der Waals surface area contributed by atoms with Crippen molar-refractivity contribution in [3.05, 3.63) is 0 Å². The van der Waals surface area contributed by atoms with Crippen LogP contribution >= 0.6 is 0 Å². The minimum Gasteiger partial charge on any atom is -0.316 e. The molecular formula is C18H38N2. The highest BCUT2D eigenvalue weighted by atomic mass is 15.2. The normalized spacial score (nSPS) is 19.8. The predicted octanol–water partition coefficient (Wildman–Crippen LogP) is 4.30. The third-order valence-electron chi connectivity index (χ3n) is 4.89. The first-order valence-electron chi connectivity index (χ1n) is 8.94. The fourth-order valence-electron chi connectivity index (χ4n) is 3.59. The second-order valence-electron chi connectivity index (χ2n) is 7.60. The first-order valence-corrected chi connectivity index (χ1v) is 8.94. The Balaban J connectivity index is 2.66. The third kappa shape index (κ3) is 6.13. The van der Waals surface area contributed by atoms with Gasteiger partial charge >= 0.3 is 0 Å². The minimum atomic E-state index is 0.520. The fourth-order valence-corrected chi connectivity index (χ4v) is 3.59. The molecule has 1 saturated carbocycles. The molecule has 1 fully saturated rings. The molecule has 1 aliphatic carbocycles. The predicted molar refractivity (Wildman–Crippen MR) is 90.2 cm³/mol. The summed E-state index contributed by atoms with van der Waals surface area (Å²) in [4.78, 5) is 2.67. The molecule has 2 nitrogen and oxygen atoms in total. The van der Waals surface area contributed by atoms with Crippen LogP contribution in [0, 0.1) is 11.3 Å². The van der Waals surface area contributed by atoms with Crippen LogP contribution in [0.1, 0.15) is 73.1 Å². The highest BCUT2D eigenvalue weighted by Gasteiger charge is 2.32. The Labute approximate surface area is 127 Å². The number of hydrogen-bond donors (Lipinski definition) is 1. The molecule has 20 heavy (non-hydrogen) atoms. The van der Waals surface area contributed by atoms with E-state index in [4.69, 9.17) is 0 Å². The van der Waals surface area contributed by atoms with Crippen LogP contribution in [0.3, 0.4) is 0 Å². The van der Waals surface area contributed by atoms with Crippen LogP contribution in [-0.2, 0) is 0 Å². The van der Waals surface area contributed by atoms with Gasteiger partial charge in [0.1, 0.15) is 0 Å². The Bertz CT molecular complexity index is 240. The van der Waals surface area contributed by atoms with E-state index in [1.165, 1.54) is 58.2 Å². The number of nitrogens with one attached hydrogen (secondary N) is 1. The summed E-state index contributed by atoms with van der Waals surface area (Å²) in [6, 6.07) is 0.672. The summed E-state index contributed by atoms with van der Waals surface area (Å²) >= 11 is 0. The Hall–Kier alpha value is -0.0800. The van der Waals surface area contributed by atoms with Gasteiger partial charge in [0.2, 0.25) is 0 Å². The average molecular weight is 283 g/mol. The highest BCUT2D eigenvalue weighted by molar-refractivity contribution is 4.87. The quantitative estimate of drug-likeness (QED) is 0.668. The highest BCUT2D eigenvalue weighted by Crippen LogP contribution is 2.35. The van der Waals surface area contributed by atoms with Crippen molar-refractivity contribution in [1.29, 1.82) is 0 Å². The molecule has 1 aliphatic rings. The smallest absolute Gasteiger partial charge is 0.00527 e. The summed E-state index contributed by atoms with van der Waals surface area (Å²) in [5.74, 6) is 0.755. The maximum atomic E-state index is 3.76. The van der Waals surface area contributed by atoms with Gasteiger partial charge in [-0.2, -0.15) is 0 Å². The zero-order valence-electron chi connectivity index (χ0n) is 14.7. The van der Waals surface area contributed by atoms with E-state index in [9.17, 15) is 0 Å². The number of rotatable bonds is 8. The lowest BCUT2D eigenvalue weighted by molar-refractivity contribution is 0.107. The molecule has 0 bridgehead atoms. The van der Waals surface area contributed by atoms with Gasteiger partial charge in [0, 0.05) is 19.1 Å². The number of nitrogens with zero attached hydrogens (tertiary/aromatic N) is 1. The van der Waals surface area contributed by atoms with Gasteiger partial charge in [-0.3, -0.25) is 0 Å². The lowest BCUT2D eigenvalue weighted by Crippen LogP contribution is -2.46. The Morgan fingerprint density at radius 2 is 1.60 bits per heavy atom. The van der Waals surface area contributed by atoms with Gasteiger partial charge in [-0.05, 0) is 51.1 Å². The SMILES string of the molecule is CCN(CC1(CNCC(C)C)CCCCCC1)C(C)C. The van der Waals surface area contributed by atoms with Crippen LogP contribution in [0.4, 0.5) is 0 Å². The molecule has 1 rings (SSSR count). The summed E-state index contributed by atoms with van der Waals surface area (Å²) < 4.78 is 0. The van der Waals surface area contributed by atoms with E-state index in [2.05, 4.69) is 44.8 Å². The summed E-state index contributed by atoms with van der Waals surface area (Å²) in [6.45, 7) is 16.5.